The van der Waals surface area contributed by atoms with Crippen LogP contribution in [0.25, 0.3) is 11.6 Å². The molecule has 1 N–H and O–H groups in total. The van der Waals surface area contributed by atoms with Gasteiger partial charge in [0.2, 0.25) is 0 Å². The molecular weight excluding hydrogens is 352 g/mol. The van der Waals surface area contributed by atoms with Crippen LogP contribution in [0.15, 0.2) is 78.9 Å². The second-order valence-electron chi connectivity index (χ2n) is 6.31. The summed E-state index contributed by atoms with van der Waals surface area (Å²) in [5.41, 5.74) is 2.87. The molecule has 0 saturated heterocycles. The first-order chi connectivity index (χ1) is 13.6. The van der Waals surface area contributed by atoms with Gasteiger partial charge in [0.25, 0.3) is 0 Å². The van der Waals surface area contributed by atoms with E-state index in [0.717, 1.165) is 16.9 Å². The van der Waals surface area contributed by atoms with Gasteiger partial charge in [0, 0.05) is 0 Å². The van der Waals surface area contributed by atoms with Crippen molar-refractivity contribution in [3.8, 4) is 11.5 Å². The number of rotatable bonds is 8. The van der Waals surface area contributed by atoms with Gasteiger partial charge in [0.15, 0.2) is 0 Å². The summed E-state index contributed by atoms with van der Waals surface area (Å²) in [5.74, 6) is 0.576. The quantitative estimate of drug-likeness (QED) is 0.339. The molecule has 3 aromatic rings. The second-order valence-corrected chi connectivity index (χ2v) is 6.31. The minimum atomic E-state index is -0.958. The van der Waals surface area contributed by atoms with Crippen molar-refractivity contribution in [3.63, 3.8) is 0 Å². The van der Waals surface area contributed by atoms with Crippen molar-refractivity contribution in [1.29, 1.82) is 0 Å². The molecule has 0 aliphatic carbocycles. The van der Waals surface area contributed by atoms with Gasteiger partial charge in [-0.3, -0.25) is 0 Å². The topological polar surface area (TPSA) is 55.8 Å². The summed E-state index contributed by atoms with van der Waals surface area (Å²) >= 11 is 0. The lowest BCUT2D eigenvalue weighted by Gasteiger charge is -2.09. The molecular formula is C24H22O4. The molecule has 0 aliphatic heterocycles. The molecule has 0 radical (unpaired) electrons. The number of carbonyl (C=O) groups is 1. The zero-order chi connectivity index (χ0) is 19.8. The van der Waals surface area contributed by atoms with E-state index in [9.17, 15) is 9.90 Å². The molecule has 4 heteroatoms. The number of aryl methyl sites for hydroxylation is 1. The molecule has 0 atom stereocenters. The molecule has 0 fully saturated rings. The van der Waals surface area contributed by atoms with Gasteiger partial charge in [-0.15, -0.1) is 0 Å². The van der Waals surface area contributed by atoms with E-state index in [2.05, 4.69) is 0 Å². The van der Waals surface area contributed by atoms with Crippen molar-refractivity contribution < 1.29 is 19.4 Å². The molecule has 0 spiro atoms. The third kappa shape index (κ3) is 5.48. The predicted octanol–water partition coefficient (Wildman–Crippen LogP) is 5.08. The van der Waals surface area contributed by atoms with Gasteiger partial charge in [0.05, 0.1) is 5.57 Å². The van der Waals surface area contributed by atoms with Crippen LogP contribution in [0.2, 0.25) is 0 Å². The standard InChI is InChI=1S/C24H22O4/c1-18-6-5-9-22(16-18)28-15-14-27-21-12-10-19(11-13-21)17-23(24(25)26)20-7-3-2-4-8-20/h2-13,16-17H,14-15H2,1H3,(H,25,26)/b23-17-. The van der Waals surface area contributed by atoms with E-state index in [4.69, 9.17) is 9.47 Å². The highest BCUT2D eigenvalue weighted by Crippen LogP contribution is 2.20. The van der Waals surface area contributed by atoms with Crippen LogP contribution >= 0.6 is 0 Å². The van der Waals surface area contributed by atoms with Crippen LogP contribution in [0.3, 0.4) is 0 Å². The number of hydrogen-bond donors (Lipinski definition) is 1. The van der Waals surface area contributed by atoms with Crippen LogP contribution in [0.5, 0.6) is 11.5 Å². The summed E-state index contributed by atoms with van der Waals surface area (Å²) in [7, 11) is 0. The summed E-state index contributed by atoms with van der Waals surface area (Å²) in [6.07, 6.45) is 1.66. The van der Waals surface area contributed by atoms with E-state index in [1.807, 2.05) is 73.7 Å². The number of carboxylic acids is 1. The van der Waals surface area contributed by atoms with Crippen LogP contribution in [0.4, 0.5) is 0 Å². The Morgan fingerprint density at radius 1 is 0.857 bits per heavy atom. The minimum absolute atomic E-state index is 0.251. The van der Waals surface area contributed by atoms with Gasteiger partial charge in [0.1, 0.15) is 24.7 Å². The number of carboxylic acid groups (broad SMARTS) is 1. The summed E-state index contributed by atoms with van der Waals surface area (Å²) in [5, 5.41) is 9.49. The molecule has 4 nitrogen and oxygen atoms in total. The molecule has 28 heavy (non-hydrogen) atoms. The van der Waals surface area contributed by atoms with E-state index >= 15 is 0 Å². The maximum Gasteiger partial charge on any atom is 0.336 e. The normalized spacial score (nSPS) is 11.1. The van der Waals surface area contributed by atoms with Crippen molar-refractivity contribution in [2.75, 3.05) is 13.2 Å². The first-order valence-electron chi connectivity index (χ1n) is 9.04. The minimum Gasteiger partial charge on any atom is -0.490 e. The van der Waals surface area contributed by atoms with Crippen LogP contribution in [0, 0.1) is 6.92 Å². The van der Waals surface area contributed by atoms with Crippen molar-refractivity contribution in [1.82, 2.24) is 0 Å². The Labute approximate surface area is 164 Å². The van der Waals surface area contributed by atoms with Crippen molar-refractivity contribution in [2.45, 2.75) is 6.92 Å². The average molecular weight is 374 g/mol. The fourth-order valence-electron chi connectivity index (χ4n) is 2.74. The molecule has 0 amide bonds. The maximum atomic E-state index is 11.6. The first-order valence-corrected chi connectivity index (χ1v) is 9.04. The van der Waals surface area contributed by atoms with Gasteiger partial charge in [-0.1, -0.05) is 54.6 Å². The van der Waals surface area contributed by atoms with E-state index in [1.165, 1.54) is 0 Å². The lowest BCUT2D eigenvalue weighted by molar-refractivity contribution is -0.130. The lowest BCUT2D eigenvalue weighted by Crippen LogP contribution is -2.09. The monoisotopic (exact) mass is 374 g/mol. The van der Waals surface area contributed by atoms with Crippen molar-refractivity contribution in [3.05, 3.63) is 95.6 Å². The van der Waals surface area contributed by atoms with Crippen LogP contribution in [-0.2, 0) is 4.79 Å². The third-order valence-corrected chi connectivity index (χ3v) is 4.12. The maximum absolute atomic E-state index is 11.6. The molecule has 3 rings (SSSR count). The van der Waals surface area contributed by atoms with Crippen LogP contribution in [-0.4, -0.2) is 24.3 Å². The van der Waals surface area contributed by atoms with Crippen molar-refractivity contribution in [2.24, 2.45) is 0 Å². The fourth-order valence-corrected chi connectivity index (χ4v) is 2.74. The second kappa shape index (κ2) is 9.42. The molecule has 0 heterocycles. The molecule has 0 saturated carbocycles. The highest BCUT2D eigenvalue weighted by Gasteiger charge is 2.09. The number of aliphatic carboxylic acids is 1. The Hall–Kier alpha value is -3.53. The van der Waals surface area contributed by atoms with Crippen LogP contribution in [0.1, 0.15) is 16.7 Å². The average Bonchev–Trinajstić information content (AvgIpc) is 2.71. The Bertz CT molecular complexity index is 944. The highest BCUT2D eigenvalue weighted by molar-refractivity contribution is 6.20. The molecule has 0 bridgehead atoms. The molecule has 142 valence electrons. The zero-order valence-corrected chi connectivity index (χ0v) is 15.7. The number of ether oxygens (including phenoxy) is 2. The van der Waals surface area contributed by atoms with E-state index in [1.54, 1.807) is 18.2 Å². The molecule has 0 aliphatic rings. The summed E-state index contributed by atoms with van der Waals surface area (Å²) in [4.78, 5) is 11.6. The molecule has 0 aromatic heterocycles. The Kier molecular flexibility index (Phi) is 6.47. The van der Waals surface area contributed by atoms with Gasteiger partial charge >= 0.3 is 5.97 Å². The van der Waals surface area contributed by atoms with Gasteiger partial charge in [-0.25, -0.2) is 4.79 Å². The predicted molar refractivity (Wildman–Crippen MR) is 111 cm³/mol. The Morgan fingerprint density at radius 2 is 1.54 bits per heavy atom. The third-order valence-electron chi connectivity index (χ3n) is 4.12. The fraction of sp³-hybridized carbons (Fsp3) is 0.125. The molecule has 3 aromatic carbocycles. The van der Waals surface area contributed by atoms with E-state index in [-0.39, 0.29) is 5.57 Å². The number of benzene rings is 3. The zero-order valence-electron chi connectivity index (χ0n) is 15.7. The Balaban J connectivity index is 1.57. The van der Waals surface area contributed by atoms with Crippen molar-refractivity contribution >= 4 is 17.6 Å². The van der Waals surface area contributed by atoms with E-state index < -0.39 is 5.97 Å². The summed E-state index contributed by atoms with van der Waals surface area (Å²) in [6, 6.07) is 24.3. The summed E-state index contributed by atoms with van der Waals surface area (Å²) in [6.45, 7) is 2.89. The first kappa shape index (κ1) is 19.2. The molecule has 0 unspecified atom stereocenters. The Morgan fingerprint density at radius 3 is 2.18 bits per heavy atom. The summed E-state index contributed by atoms with van der Waals surface area (Å²) < 4.78 is 11.3. The number of hydrogen-bond acceptors (Lipinski definition) is 3. The lowest BCUT2D eigenvalue weighted by atomic mass is 10.0. The van der Waals surface area contributed by atoms with E-state index in [0.29, 0.717) is 24.5 Å². The van der Waals surface area contributed by atoms with Gasteiger partial charge < -0.3 is 14.6 Å². The SMILES string of the molecule is Cc1cccc(OCCOc2ccc(/C=C(\C(=O)O)c3ccccc3)cc2)c1. The highest BCUT2D eigenvalue weighted by atomic mass is 16.5. The van der Waals surface area contributed by atoms with Gasteiger partial charge in [-0.2, -0.15) is 0 Å². The van der Waals surface area contributed by atoms with Gasteiger partial charge in [-0.05, 0) is 54.0 Å². The largest absolute Gasteiger partial charge is 0.490 e. The van der Waals surface area contributed by atoms with Crippen LogP contribution < -0.4 is 9.47 Å². The smallest absolute Gasteiger partial charge is 0.336 e.